The summed E-state index contributed by atoms with van der Waals surface area (Å²) in [6.07, 6.45) is 0.296. The van der Waals surface area contributed by atoms with E-state index in [0.29, 0.717) is 23.9 Å². The van der Waals surface area contributed by atoms with Crippen molar-refractivity contribution in [2.24, 2.45) is 11.7 Å². The van der Waals surface area contributed by atoms with Crippen LogP contribution in [0, 0.1) is 5.92 Å². The number of carbonyl (C=O) groups is 1. The zero-order valence-electron chi connectivity index (χ0n) is 10.2. The highest BCUT2D eigenvalue weighted by Crippen LogP contribution is 2.15. The molecule has 17 heavy (non-hydrogen) atoms. The second-order valence-electron chi connectivity index (χ2n) is 4.48. The lowest BCUT2D eigenvalue weighted by molar-refractivity contribution is -0.120. The van der Waals surface area contributed by atoms with Crippen molar-refractivity contribution in [1.29, 1.82) is 0 Å². The van der Waals surface area contributed by atoms with E-state index in [1.54, 1.807) is 6.07 Å². The van der Waals surface area contributed by atoms with Gasteiger partial charge in [0.25, 0.3) is 0 Å². The average Bonchev–Trinajstić information content (AvgIpc) is 2.29. The Morgan fingerprint density at radius 3 is 2.65 bits per heavy atom. The Kier molecular flexibility index (Phi) is 5.45. The molecule has 0 aromatic heterocycles. The molecule has 1 unspecified atom stereocenters. The first kappa shape index (κ1) is 14.0. The first-order chi connectivity index (χ1) is 8.00. The lowest BCUT2D eigenvalue weighted by Crippen LogP contribution is -2.40. The summed E-state index contributed by atoms with van der Waals surface area (Å²) in [7, 11) is 0. The van der Waals surface area contributed by atoms with Crippen LogP contribution in [-0.4, -0.2) is 18.5 Å². The van der Waals surface area contributed by atoms with Gasteiger partial charge in [0.2, 0.25) is 5.91 Å². The molecule has 0 aliphatic rings. The molecule has 3 N–H and O–H groups in total. The quantitative estimate of drug-likeness (QED) is 0.844. The van der Waals surface area contributed by atoms with Crippen LogP contribution in [0.15, 0.2) is 24.3 Å². The fourth-order valence-corrected chi connectivity index (χ4v) is 1.55. The van der Waals surface area contributed by atoms with Crippen LogP contribution in [0.2, 0.25) is 5.02 Å². The summed E-state index contributed by atoms with van der Waals surface area (Å²) in [5, 5.41) is 3.44. The minimum absolute atomic E-state index is 0.00908. The van der Waals surface area contributed by atoms with Crippen molar-refractivity contribution in [1.82, 2.24) is 5.32 Å². The maximum Gasteiger partial charge on any atom is 0.224 e. The highest BCUT2D eigenvalue weighted by molar-refractivity contribution is 6.31. The van der Waals surface area contributed by atoms with Gasteiger partial charge in [-0.1, -0.05) is 43.6 Å². The zero-order chi connectivity index (χ0) is 12.8. The summed E-state index contributed by atoms with van der Waals surface area (Å²) in [5.74, 6) is 0.310. The van der Waals surface area contributed by atoms with Crippen molar-refractivity contribution in [3.8, 4) is 0 Å². The van der Waals surface area contributed by atoms with Gasteiger partial charge in [0.05, 0.1) is 6.42 Å². The van der Waals surface area contributed by atoms with E-state index < -0.39 is 0 Å². The number of hydrogen-bond acceptors (Lipinski definition) is 2. The molecule has 0 radical (unpaired) electrons. The number of nitrogens with one attached hydrogen (secondary N) is 1. The van der Waals surface area contributed by atoms with Crippen LogP contribution in [0.25, 0.3) is 0 Å². The van der Waals surface area contributed by atoms with Crippen LogP contribution < -0.4 is 11.1 Å². The number of nitrogens with two attached hydrogens (primary N) is 1. The molecule has 3 nitrogen and oxygen atoms in total. The largest absolute Gasteiger partial charge is 0.354 e. The monoisotopic (exact) mass is 254 g/mol. The highest BCUT2D eigenvalue weighted by atomic mass is 35.5. The molecular weight excluding hydrogens is 236 g/mol. The van der Waals surface area contributed by atoms with E-state index >= 15 is 0 Å². The van der Waals surface area contributed by atoms with Gasteiger partial charge in [0.1, 0.15) is 0 Å². The van der Waals surface area contributed by atoms with Gasteiger partial charge in [-0.3, -0.25) is 4.79 Å². The molecule has 1 aromatic rings. The number of benzene rings is 1. The molecule has 0 bridgehead atoms. The third kappa shape index (κ3) is 4.75. The molecule has 0 fully saturated rings. The molecule has 0 aliphatic carbocycles. The maximum atomic E-state index is 11.7. The van der Waals surface area contributed by atoms with Gasteiger partial charge in [0.15, 0.2) is 0 Å². The van der Waals surface area contributed by atoms with Crippen molar-refractivity contribution in [2.45, 2.75) is 26.3 Å². The third-order valence-electron chi connectivity index (χ3n) is 2.70. The summed E-state index contributed by atoms with van der Waals surface area (Å²) in [5.41, 5.74) is 6.69. The van der Waals surface area contributed by atoms with Crippen molar-refractivity contribution in [3.63, 3.8) is 0 Å². The van der Waals surface area contributed by atoms with Gasteiger partial charge in [-0.25, -0.2) is 0 Å². The maximum absolute atomic E-state index is 11.7. The lowest BCUT2D eigenvalue weighted by atomic mass is 10.1. The molecule has 1 rings (SSSR count). The molecular formula is C13H19ClN2O. The van der Waals surface area contributed by atoms with Gasteiger partial charge in [-0.05, 0) is 17.5 Å². The summed E-state index contributed by atoms with van der Waals surface area (Å²) in [6.45, 7) is 4.57. The number of hydrogen-bond donors (Lipinski definition) is 2. The molecule has 0 heterocycles. The topological polar surface area (TPSA) is 55.1 Å². The van der Waals surface area contributed by atoms with E-state index in [1.165, 1.54) is 0 Å². The molecule has 0 spiro atoms. The van der Waals surface area contributed by atoms with Crippen LogP contribution in [0.3, 0.4) is 0 Å². The Hall–Kier alpha value is -1.06. The Labute approximate surface area is 107 Å². The molecule has 0 aliphatic heterocycles. The minimum atomic E-state index is -0.0470. The van der Waals surface area contributed by atoms with Crippen molar-refractivity contribution in [2.75, 3.05) is 6.54 Å². The van der Waals surface area contributed by atoms with Crippen LogP contribution >= 0.6 is 11.6 Å². The molecule has 1 amide bonds. The van der Waals surface area contributed by atoms with E-state index in [4.69, 9.17) is 17.3 Å². The zero-order valence-corrected chi connectivity index (χ0v) is 11.0. The summed E-state index contributed by atoms with van der Waals surface area (Å²) in [4.78, 5) is 11.7. The lowest BCUT2D eigenvalue weighted by Gasteiger charge is -2.16. The molecule has 94 valence electrons. The van der Waals surface area contributed by atoms with Crippen LogP contribution in [0.4, 0.5) is 0 Å². The van der Waals surface area contributed by atoms with Crippen molar-refractivity contribution in [3.05, 3.63) is 34.9 Å². The summed E-state index contributed by atoms with van der Waals surface area (Å²) in [6, 6.07) is 7.34. The second kappa shape index (κ2) is 6.62. The van der Waals surface area contributed by atoms with E-state index in [-0.39, 0.29) is 11.9 Å². The normalized spacial score (nSPS) is 12.5. The predicted molar refractivity (Wildman–Crippen MR) is 71.0 cm³/mol. The van der Waals surface area contributed by atoms with E-state index in [0.717, 1.165) is 5.56 Å². The Balaban J connectivity index is 2.43. The first-order valence-electron chi connectivity index (χ1n) is 5.76. The number of rotatable bonds is 5. The van der Waals surface area contributed by atoms with Crippen molar-refractivity contribution < 1.29 is 4.79 Å². The molecule has 0 saturated carbocycles. The molecule has 1 atom stereocenters. The Morgan fingerprint density at radius 1 is 1.41 bits per heavy atom. The highest BCUT2D eigenvalue weighted by Gasteiger charge is 2.10. The van der Waals surface area contributed by atoms with Crippen LogP contribution in [0.5, 0.6) is 0 Å². The predicted octanol–water partition coefficient (Wildman–Crippen LogP) is 1.98. The first-order valence-corrected chi connectivity index (χ1v) is 6.14. The second-order valence-corrected chi connectivity index (χ2v) is 4.89. The molecule has 0 saturated heterocycles. The van der Waals surface area contributed by atoms with Gasteiger partial charge in [0, 0.05) is 17.6 Å². The average molecular weight is 255 g/mol. The summed E-state index contributed by atoms with van der Waals surface area (Å²) < 4.78 is 0. The van der Waals surface area contributed by atoms with Crippen LogP contribution in [0.1, 0.15) is 19.4 Å². The van der Waals surface area contributed by atoms with E-state index in [9.17, 15) is 4.79 Å². The van der Waals surface area contributed by atoms with E-state index in [1.807, 2.05) is 32.0 Å². The van der Waals surface area contributed by atoms with Gasteiger partial charge >= 0.3 is 0 Å². The Morgan fingerprint density at radius 2 is 2.06 bits per heavy atom. The minimum Gasteiger partial charge on any atom is -0.354 e. The molecule has 1 aromatic carbocycles. The number of carbonyl (C=O) groups excluding carboxylic acids is 1. The fraction of sp³-hybridized carbons (Fsp3) is 0.462. The van der Waals surface area contributed by atoms with Crippen LogP contribution in [-0.2, 0) is 11.2 Å². The standard InChI is InChI=1S/C13H19ClN2O/c1-9(2)12(15)8-16-13(17)7-10-5-3-4-6-11(10)14/h3-6,9,12H,7-8,15H2,1-2H3,(H,16,17). The van der Waals surface area contributed by atoms with Gasteiger partial charge in [-0.2, -0.15) is 0 Å². The fourth-order valence-electron chi connectivity index (χ4n) is 1.34. The number of amides is 1. The Bertz CT molecular complexity index is 379. The smallest absolute Gasteiger partial charge is 0.224 e. The SMILES string of the molecule is CC(C)C(N)CNC(=O)Cc1ccccc1Cl. The third-order valence-corrected chi connectivity index (χ3v) is 3.07. The van der Waals surface area contributed by atoms with Gasteiger partial charge in [-0.15, -0.1) is 0 Å². The van der Waals surface area contributed by atoms with E-state index in [2.05, 4.69) is 5.32 Å². The summed E-state index contributed by atoms with van der Waals surface area (Å²) >= 11 is 5.98. The van der Waals surface area contributed by atoms with Gasteiger partial charge < -0.3 is 11.1 Å². The number of halogens is 1. The van der Waals surface area contributed by atoms with Crippen molar-refractivity contribution >= 4 is 17.5 Å². The molecule has 4 heteroatoms.